The average Bonchev–Trinajstić information content (AvgIpc) is 3.04. The van der Waals surface area contributed by atoms with Crippen LogP contribution in [-0.4, -0.2) is 29.7 Å². The summed E-state index contributed by atoms with van der Waals surface area (Å²) in [5, 5.41) is 10.6. The quantitative estimate of drug-likeness (QED) is 0.607. The van der Waals surface area contributed by atoms with Crippen molar-refractivity contribution >= 4 is 5.96 Å². The molecule has 0 amide bonds. The van der Waals surface area contributed by atoms with Gasteiger partial charge in [0.05, 0.1) is 0 Å². The fourth-order valence-electron chi connectivity index (χ4n) is 2.16. The summed E-state index contributed by atoms with van der Waals surface area (Å²) in [6, 6.07) is 8.10. The Morgan fingerprint density at radius 3 is 2.83 bits per heavy atom. The second-order valence-corrected chi connectivity index (χ2v) is 5.32. The number of nitrogens with one attached hydrogen (secondary N) is 2. The lowest BCUT2D eigenvalue weighted by molar-refractivity contribution is 0.422. The van der Waals surface area contributed by atoms with Crippen molar-refractivity contribution in [2.75, 3.05) is 13.6 Å². The fraction of sp³-hybridized carbons (Fsp3) is 0.471. The number of aryl methyl sites for hydroxylation is 1. The van der Waals surface area contributed by atoms with Gasteiger partial charge in [0.15, 0.2) is 11.8 Å². The minimum Gasteiger partial charge on any atom is -0.356 e. The van der Waals surface area contributed by atoms with E-state index in [1.807, 2.05) is 12.1 Å². The van der Waals surface area contributed by atoms with E-state index < -0.39 is 0 Å². The third-order valence-corrected chi connectivity index (χ3v) is 3.34. The summed E-state index contributed by atoms with van der Waals surface area (Å²) < 4.78 is 5.34. The van der Waals surface area contributed by atoms with Gasteiger partial charge in [-0.3, -0.25) is 4.99 Å². The molecule has 0 aliphatic rings. The van der Waals surface area contributed by atoms with Crippen LogP contribution in [0.15, 0.2) is 33.8 Å². The summed E-state index contributed by atoms with van der Waals surface area (Å²) in [6.07, 6.45) is 2.91. The zero-order chi connectivity index (χ0) is 16.5. The highest BCUT2D eigenvalue weighted by Crippen LogP contribution is 2.18. The van der Waals surface area contributed by atoms with Gasteiger partial charge in [-0.2, -0.15) is 4.98 Å². The maximum absolute atomic E-state index is 5.34. The highest BCUT2D eigenvalue weighted by molar-refractivity contribution is 5.79. The molecule has 124 valence electrons. The van der Waals surface area contributed by atoms with Crippen LogP contribution < -0.4 is 10.6 Å². The molecule has 1 aromatic carbocycles. The maximum Gasteiger partial charge on any atom is 0.257 e. The van der Waals surface area contributed by atoms with E-state index in [9.17, 15) is 0 Å². The van der Waals surface area contributed by atoms with Crippen molar-refractivity contribution in [3.8, 4) is 11.5 Å². The van der Waals surface area contributed by atoms with Crippen LogP contribution in [0.2, 0.25) is 0 Å². The van der Waals surface area contributed by atoms with E-state index in [1.54, 1.807) is 7.05 Å². The van der Waals surface area contributed by atoms with E-state index in [4.69, 9.17) is 4.52 Å². The molecule has 0 aliphatic carbocycles. The molecule has 0 radical (unpaired) electrons. The van der Waals surface area contributed by atoms with Gasteiger partial charge in [0.1, 0.15) is 0 Å². The van der Waals surface area contributed by atoms with E-state index in [1.165, 1.54) is 0 Å². The predicted octanol–water partition coefficient (Wildman–Crippen LogP) is 2.76. The van der Waals surface area contributed by atoms with Crippen LogP contribution in [0.25, 0.3) is 11.5 Å². The van der Waals surface area contributed by atoms with Gasteiger partial charge in [-0.05, 0) is 30.5 Å². The van der Waals surface area contributed by atoms with Crippen LogP contribution in [0, 0.1) is 0 Å². The van der Waals surface area contributed by atoms with Crippen molar-refractivity contribution in [1.82, 2.24) is 20.8 Å². The maximum atomic E-state index is 5.34. The average molecular weight is 315 g/mol. The van der Waals surface area contributed by atoms with E-state index in [0.717, 1.165) is 48.7 Å². The lowest BCUT2D eigenvalue weighted by Gasteiger charge is -2.11. The summed E-state index contributed by atoms with van der Waals surface area (Å²) in [7, 11) is 1.77. The molecule has 2 aromatic rings. The standard InChI is InChI=1S/C17H25N5O/c1-4-7-15-21-16(23-22-15)14-9-6-8-13(11-14)12-20-17(18-3)19-10-5-2/h6,8-9,11H,4-5,7,10,12H2,1-3H3,(H2,18,19,20). The summed E-state index contributed by atoms with van der Waals surface area (Å²) in [6.45, 7) is 5.82. The monoisotopic (exact) mass is 315 g/mol. The lowest BCUT2D eigenvalue weighted by atomic mass is 10.1. The molecule has 0 saturated carbocycles. The van der Waals surface area contributed by atoms with Crippen LogP contribution in [0.4, 0.5) is 0 Å². The minimum atomic E-state index is 0.573. The topological polar surface area (TPSA) is 75.3 Å². The number of benzene rings is 1. The Hall–Kier alpha value is -2.37. The smallest absolute Gasteiger partial charge is 0.257 e. The lowest BCUT2D eigenvalue weighted by Crippen LogP contribution is -2.37. The molecule has 0 fully saturated rings. The molecular weight excluding hydrogens is 290 g/mol. The first-order valence-electron chi connectivity index (χ1n) is 8.13. The molecule has 1 aromatic heterocycles. The molecule has 0 unspecified atom stereocenters. The summed E-state index contributed by atoms with van der Waals surface area (Å²) in [5.41, 5.74) is 2.08. The second-order valence-electron chi connectivity index (χ2n) is 5.32. The number of hydrogen-bond acceptors (Lipinski definition) is 4. The molecule has 2 N–H and O–H groups in total. The van der Waals surface area contributed by atoms with Gasteiger partial charge in [-0.15, -0.1) is 0 Å². The minimum absolute atomic E-state index is 0.573. The normalized spacial score (nSPS) is 11.5. The zero-order valence-corrected chi connectivity index (χ0v) is 14.1. The van der Waals surface area contributed by atoms with Gasteiger partial charge in [0.2, 0.25) is 0 Å². The summed E-state index contributed by atoms with van der Waals surface area (Å²) in [4.78, 5) is 8.63. The highest BCUT2D eigenvalue weighted by atomic mass is 16.5. The van der Waals surface area contributed by atoms with Crippen molar-refractivity contribution in [2.45, 2.75) is 39.7 Å². The summed E-state index contributed by atoms with van der Waals surface area (Å²) in [5.74, 6) is 2.14. The molecule has 6 nitrogen and oxygen atoms in total. The van der Waals surface area contributed by atoms with Crippen molar-refractivity contribution in [1.29, 1.82) is 0 Å². The molecule has 23 heavy (non-hydrogen) atoms. The SMILES string of the molecule is CCCNC(=NC)NCc1cccc(-c2nc(CCC)no2)c1. The first kappa shape index (κ1) is 17.0. The van der Waals surface area contributed by atoms with E-state index >= 15 is 0 Å². The Bertz CT molecular complexity index is 635. The number of aliphatic imine (C=N–C) groups is 1. The Labute approximate surface area is 137 Å². The number of hydrogen-bond donors (Lipinski definition) is 2. The number of aromatic nitrogens is 2. The number of rotatable bonds is 7. The molecular formula is C17H25N5O. The molecule has 0 aliphatic heterocycles. The highest BCUT2D eigenvalue weighted by Gasteiger charge is 2.08. The molecule has 0 atom stereocenters. The van der Waals surface area contributed by atoms with Gasteiger partial charge in [0, 0.05) is 32.1 Å². The van der Waals surface area contributed by atoms with Crippen LogP contribution in [0.1, 0.15) is 38.1 Å². The van der Waals surface area contributed by atoms with E-state index in [2.05, 4.69) is 51.7 Å². The van der Waals surface area contributed by atoms with Crippen LogP contribution in [-0.2, 0) is 13.0 Å². The van der Waals surface area contributed by atoms with Crippen molar-refractivity contribution in [3.05, 3.63) is 35.7 Å². The van der Waals surface area contributed by atoms with Crippen molar-refractivity contribution < 1.29 is 4.52 Å². The third-order valence-electron chi connectivity index (χ3n) is 3.34. The number of guanidine groups is 1. The fourth-order valence-corrected chi connectivity index (χ4v) is 2.16. The van der Waals surface area contributed by atoms with Crippen molar-refractivity contribution in [2.24, 2.45) is 4.99 Å². The van der Waals surface area contributed by atoms with Crippen LogP contribution in [0.3, 0.4) is 0 Å². The van der Waals surface area contributed by atoms with Gasteiger partial charge in [-0.25, -0.2) is 0 Å². The van der Waals surface area contributed by atoms with Gasteiger partial charge in [-0.1, -0.05) is 31.1 Å². The Morgan fingerprint density at radius 2 is 2.09 bits per heavy atom. The third kappa shape index (κ3) is 5.09. The first-order valence-corrected chi connectivity index (χ1v) is 8.13. The molecule has 2 rings (SSSR count). The first-order chi connectivity index (χ1) is 11.3. The molecule has 1 heterocycles. The summed E-state index contributed by atoms with van der Waals surface area (Å²) >= 11 is 0. The van der Waals surface area contributed by atoms with Crippen molar-refractivity contribution in [3.63, 3.8) is 0 Å². The Morgan fingerprint density at radius 1 is 1.22 bits per heavy atom. The Kier molecular flexibility index (Phi) is 6.59. The van der Waals surface area contributed by atoms with Crippen LogP contribution in [0.5, 0.6) is 0 Å². The molecule has 6 heteroatoms. The molecule has 0 spiro atoms. The van der Waals surface area contributed by atoms with E-state index in [-0.39, 0.29) is 0 Å². The predicted molar refractivity (Wildman–Crippen MR) is 92.2 cm³/mol. The molecule has 0 saturated heterocycles. The van der Waals surface area contributed by atoms with E-state index in [0.29, 0.717) is 12.4 Å². The largest absolute Gasteiger partial charge is 0.356 e. The Balaban J connectivity index is 2.01. The second kappa shape index (κ2) is 8.92. The van der Waals surface area contributed by atoms with Gasteiger partial charge in [0.25, 0.3) is 5.89 Å². The van der Waals surface area contributed by atoms with Gasteiger partial charge >= 0.3 is 0 Å². The van der Waals surface area contributed by atoms with Crippen LogP contribution >= 0.6 is 0 Å². The van der Waals surface area contributed by atoms with Gasteiger partial charge < -0.3 is 15.2 Å². The zero-order valence-electron chi connectivity index (χ0n) is 14.1. The number of nitrogens with zero attached hydrogens (tertiary/aromatic N) is 3. The molecule has 0 bridgehead atoms.